The Labute approximate surface area is 155 Å². The normalized spacial score (nSPS) is 17.0. The molecule has 5 nitrogen and oxygen atoms in total. The van der Waals surface area contributed by atoms with E-state index in [1.54, 1.807) is 12.1 Å². The number of sulfonamides is 1. The summed E-state index contributed by atoms with van der Waals surface area (Å²) >= 11 is 0. The lowest BCUT2D eigenvalue weighted by Gasteiger charge is -2.34. The molecule has 0 spiro atoms. The van der Waals surface area contributed by atoms with Crippen LogP contribution in [0.15, 0.2) is 47.4 Å². The maximum atomic E-state index is 13.9. The average molecular weight is 400 g/mol. The van der Waals surface area contributed by atoms with Crippen LogP contribution in [0.4, 0.5) is 13.2 Å². The number of hydrogen-bond acceptors (Lipinski definition) is 4. The summed E-state index contributed by atoms with van der Waals surface area (Å²) in [5, 5.41) is 0. The number of nitrogens with one attached hydrogen (secondary N) is 1. The fourth-order valence-electron chi connectivity index (χ4n) is 2.99. The molecule has 1 aliphatic heterocycles. The van der Waals surface area contributed by atoms with Crippen molar-refractivity contribution in [1.82, 2.24) is 9.62 Å². The summed E-state index contributed by atoms with van der Waals surface area (Å²) in [4.78, 5) is 1.39. The van der Waals surface area contributed by atoms with E-state index >= 15 is 0 Å². The number of ether oxygens (including phenoxy) is 1. The van der Waals surface area contributed by atoms with Gasteiger partial charge in [0.05, 0.1) is 13.2 Å². The minimum atomic E-state index is -4.18. The Bertz CT molecular complexity index is 885. The molecule has 3 rings (SSSR count). The minimum absolute atomic E-state index is 0.0508. The third-order valence-electron chi connectivity index (χ3n) is 4.39. The summed E-state index contributed by atoms with van der Waals surface area (Å²) in [6.45, 7) is 2.10. The molecule has 146 valence electrons. The van der Waals surface area contributed by atoms with Gasteiger partial charge in [0.1, 0.15) is 22.3 Å². The van der Waals surface area contributed by atoms with Gasteiger partial charge in [-0.1, -0.05) is 12.1 Å². The first-order valence-electron chi connectivity index (χ1n) is 8.39. The van der Waals surface area contributed by atoms with Crippen LogP contribution in [-0.2, 0) is 14.8 Å². The molecule has 27 heavy (non-hydrogen) atoms. The minimum Gasteiger partial charge on any atom is -0.379 e. The molecule has 1 fully saturated rings. The fraction of sp³-hybridized carbons (Fsp3) is 0.333. The summed E-state index contributed by atoms with van der Waals surface area (Å²) in [7, 11) is -4.18. The largest absolute Gasteiger partial charge is 0.379 e. The van der Waals surface area contributed by atoms with Crippen LogP contribution in [0.5, 0.6) is 0 Å². The topological polar surface area (TPSA) is 58.6 Å². The van der Waals surface area contributed by atoms with Gasteiger partial charge in [0.25, 0.3) is 0 Å². The molecular formula is C18H19F3N2O3S. The van der Waals surface area contributed by atoms with E-state index in [0.717, 1.165) is 17.7 Å². The Kier molecular flexibility index (Phi) is 6.15. The van der Waals surface area contributed by atoms with Crippen LogP contribution in [-0.4, -0.2) is 46.2 Å². The Morgan fingerprint density at radius 3 is 2.26 bits per heavy atom. The van der Waals surface area contributed by atoms with Gasteiger partial charge < -0.3 is 4.74 Å². The highest BCUT2D eigenvalue weighted by atomic mass is 32.2. The number of nitrogens with zero attached hydrogens (tertiary/aromatic N) is 1. The molecule has 1 N–H and O–H groups in total. The molecule has 1 heterocycles. The van der Waals surface area contributed by atoms with E-state index < -0.39 is 32.4 Å². The Balaban J connectivity index is 1.82. The maximum absolute atomic E-state index is 13.9. The second-order valence-electron chi connectivity index (χ2n) is 6.14. The van der Waals surface area contributed by atoms with Gasteiger partial charge in [-0.25, -0.2) is 26.3 Å². The van der Waals surface area contributed by atoms with Crippen molar-refractivity contribution in [3.05, 3.63) is 65.5 Å². The summed E-state index contributed by atoms with van der Waals surface area (Å²) in [6.07, 6.45) is 0. The quantitative estimate of drug-likeness (QED) is 0.809. The number of benzene rings is 2. The Hall–Kier alpha value is -1.94. The molecule has 9 heteroatoms. The molecule has 0 amide bonds. The van der Waals surface area contributed by atoms with Crippen molar-refractivity contribution in [3.63, 3.8) is 0 Å². The van der Waals surface area contributed by atoms with Gasteiger partial charge in [0.2, 0.25) is 10.0 Å². The van der Waals surface area contributed by atoms with Crippen molar-refractivity contribution in [1.29, 1.82) is 0 Å². The molecule has 0 aliphatic carbocycles. The lowest BCUT2D eigenvalue weighted by Crippen LogP contribution is -2.43. The molecule has 2 aromatic carbocycles. The first-order chi connectivity index (χ1) is 12.9. The molecule has 1 aliphatic rings. The zero-order chi connectivity index (χ0) is 19.4. The molecule has 0 aromatic heterocycles. The number of morpholine rings is 1. The predicted molar refractivity (Wildman–Crippen MR) is 93.1 cm³/mol. The highest BCUT2D eigenvalue weighted by molar-refractivity contribution is 7.89. The van der Waals surface area contributed by atoms with Crippen molar-refractivity contribution >= 4 is 10.0 Å². The second kappa shape index (κ2) is 8.39. The van der Waals surface area contributed by atoms with Crippen LogP contribution in [0.25, 0.3) is 0 Å². The van der Waals surface area contributed by atoms with Crippen LogP contribution in [0.3, 0.4) is 0 Å². The number of halogens is 3. The van der Waals surface area contributed by atoms with Crippen LogP contribution in [0.2, 0.25) is 0 Å². The predicted octanol–water partition coefficient (Wildman–Crippen LogP) is 2.46. The van der Waals surface area contributed by atoms with Crippen molar-refractivity contribution < 1.29 is 26.3 Å². The Morgan fingerprint density at radius 2 is 1.63 bits per heavy atom. The highest BCUT2D eigenvalue weighted by Gasteiger charge is 2.26. The molecule has 2 aromatic rings. The van der Waals surface area contributed by atoms with Crippen molar-refractivity contribution in [2.45, 2.75) is 10.9 Å². The average Bonchev–Trinajstić information content (AvgIpc) is 2.64. The summed E-state index contributed by atoms with van der Waals surface area (Å²) < 4.78 is 72.8. The third kappa shape index (κ3) is 4.86. The molecular weight excluding hydrogens is 381 g/mol. The van der Waals surface area contributed by atoms with Gasteiger partial charge in [-0.3, -0.25) is 4.90 Å². The van der Waals surface area contributed by atoms with Crippen LogP contribution in [0.1, 0.15) is 11.6 Å². The first kappa shape index (κ1) is 19.8. The SMILES string of the molecule is O=S(=O)(NC[C@@H](c1ccc(F)cc1)N1CCOCC1)c1ccc(F)cc1F. The lowest BCUT2D eigenvalue weighted by molar-refractivity contribution is 0.0172. The molecule has 0 radical (unpaired) electrons. The van der Waals surface area contributed by atoms with Gasteiger partial charge in [0.15, 0.2) is 0 Å². The smallest absolute Gasteiger partial charge is 0.243 e. The third-order valence-corrected chi connectivity index (χ3v) is 5.85. The van der Waals surface area contributed by atoms with E-state index in [9.17, 15) is 21.6 Å². The van der Waals surface area contributed by atoms with Gasteiger partial charge in [0, 0.05) is 31.7 Å². The highest BCUT2D eigenvalue weighted by Crippen LogP contribution is 2.23. The number of hydrogen-bond donors (Lipinski definition) is 1. The maximum Gasteiger partial charge on any atom is 0.243 e. The van der Waals surface area contributed by atoms with Crippen LogP contribution < -0.4 is 4.72 Å². The van der Waals surface area contributed by atoms with E-state index in [2.05, 4.69) is 4.72 Å². The molecule has 0 saturated carbocycles. The Morgan fingerprint density at radius 1 is 1.00 bits per heavy atom. The molecule has 0 unspecified atom stereocenters. The summed E-state index contributed by atoms with van der Waals surface area (Å²) in [6, 6.07) is 7.69. The van der Waals surface area contributed by atoms with Gasteiger partial charge in [-0.15, -0.1) is 0 Å². The zero-order valence-corrected chi connectivity index (χ0v) is 15.2. The summed E-state index contributed by atoms with van der Waals surface area (Å²) in [5.41, 5.74) is 0.723. The fourth-order valence-corrected chi connectivity index (χ4v) is 4.09. The van der Waals surface area contributed by atoms with E-state index in [4.69, 9.17) is 4.74 Å². The van der Waals surface area contributed by atoms with Crippen LogP contribution in [0, 0.1) is 17.5 Å². The van der Waals surface area contributed by atoms with E-state index in [1.807, 2.05) is 4.90 Å². The van der Waals surface area contributed by atoms with Gasteiger partial charge in [-0.2, -0.15) is 0 Å². The van der Waals surface area contributed by atoms with E-state index in [1.165, 1.54) is 12.1 Å². The monoisotopic (exact) mass is 400 g/mol. The van der Waals surface area contributed by atoms with Crippen molar-refractivity contribution in [2.75, 3.05) is 32.8 Å². The van der Waals surface area contributed by atoms with Crippen molar-refractivity contribution in [2.24, 2.45) is 0 Å². The van der Waals surface area contributed by atoms with Gasteiger partial charge >= 0.3 is 0 Å². The number of rotatable bonds is 6. The van der Waals surface area contributed by atoms with Crippen LogP contribution >= 0.6 is 0 Å². The standard InChI is InChI=1S/C18H19F3N2O3S/c19-14-3-1-13(2-4-14)17(23-7-9-26-10-8-23)12-22-27(24,25)18-6-5-15(20)11-16(18)21/h1-6,11,17,22H,7-10,12H2/t17-/m0/s1. The van der Waals surface area contributed by atoms with E-state index in [0.29, 0.717) is 32.4 Å². The molecule has 0 bridgehead atoms. The van der Waals surface area contributed by atoms with Crippen molar-refractivity contribution in [3.8, 4) is 0 Å². The van der Waals surface area contributed by atoms with E-state index in [-0.39, 0.29) is 12.6 Å². The molecule has 1 saturated heterocycles. The first-order valence-corrected chi connectivity index (χ1v) is 9.87. The summed E-state index contributed by atoms with van der Waals surface area (Å²) in [5.74, 6) is -2.41. The lowest BCUT2D eigenvalue weighted by atomic mass is 10.0. The van der Waals surface area contributed by atoms with Gasteiger partial charge in [-0.05, 0) is 29.8 Å². The second-order valence-corrected chi connectivity index (χ2v) is 7.88. The zero-order valence-electron chi connectivity index (χ0n) is 14.4. The molecule has 1 atom stereocenters.